The first-order chi connectivity index (χ1) is 8.70. The van der Waals surface area contributed by atoms with Crippen LogP contribution in [0.2, 0.25) is 0 Å². The third kappa shape index (κ3) is 2.74. The second-order valence-electron chi connectivity index (χ2n) is 4.25. The minimum absolute atomic E-state index is 0.271. The third-order valence-electron chi connectivity index (χ3n) is 2.85. The van der Waals surface area contributed by atoms with Crippen LogP contribution < -0.4 is 0 Å². The number of hydrogen-bond donors (Lipinski definition) is 0. The molecule has 0 aliphatic carbocycles. The first-order valence-electron chi connectivity index (χ1n) is 6.04. The Kier molecular flexibility index (Phi) is 3.72. The van der Waals surface area contributed by atoms with Gasteiger partial charge in [0.25, 0.3) is 0 Å². The average Bonchev–Trinajstić information content (AvgIpc) is 2.38. The van der Waals surface area contributed by atoms with Gasteiger partial charge in [0.15, 0.2) is 0 Å². The summed E-state index contributed by atoms with van der Waals surface area (Å²) in [5, 5.41) is 13.1. The summed E-state index contributed by atoms with van der Waals surface area (Å²) >= 11 is 0. The Morgan fingerprint density at radius 1 is 1.22 bits per heavy atom. The van der Waals surface area contributed by atoms with Crippen LogP contribution in [0.5, 0.6) is 0 Å². The van der Waals surface area contributed by atoms with Crippen molar-refractivity contribution in [2.75, 3.05) is 0 Å². The van der Waals surface area contributed by atoms with Crippen molar-refractivity contribution >= 4 is 16.8 Å². The predicted molar refractivity (Wildman–Crippen MR) is 73.8 cm³/mol. The molecule has 0 saturated carbocycles. The van der Waals surface area contributed by atoms with Gasteiger partial charge in [0, 0.05) is 12.5 Å². The summed E-state index contributed by atoms with van der Waals surface area (Å²) < 4.78 is 0. The Balaban J connectivity index is 2.41. The quantitative estimate of drug-likeness (QED) is 0.593. The lowest BCUT2D eigenvalue weighted by Gasteiger charge is -2.00. The summed E-state index contributed by atoms with van der Waals surface area (Å²) in [7, 11) is 0. The van der Waals surface area contributed by atoms with Gasteiger partial charge < -0.3 is 0 Å². The maximum Gasteiger partial charge on any atom is 0.246 e. The van der Waals surface area contributed by atoms with Crippen LogP contribution in [-0.4, -0.2) is 4.92 Å². The lowest BCUT2D eigenvalue weighted by atomic mass is 10.1. The minimum Gasteiger partial charge on any atom is -0.259 e. The van der Waals surface area contributed by atoms with Gasteiger partial charge in [-0.25, -0.2) is 0 Å². The van der Waals surface area contributed by atoms with E-state index in [1.54, 1.807) is 6.08 Å². The van der Waals surface area contributed by atoms with Crippen LogP contribution in [0, 0.1) is 10.1 Å². The van der Waals surface area contributed by atoms with Crippen molar-refractivity contribution in [2.24, 2.45) is 0 Å². The molecule has 0 N–H and O–H groups in total. The summed E-state index contributed by atoms with van der Waals surface area (Å²) in [5.41, 5.74) is 1.15. The van der Waals surface area contributed by atoms with Gasteiger partial charge in [0.05, 0.1) is 4.92 Å². The van der Waals surface area contributed by atoms with E-state index >= 15 is 0 Å². The van der Waals surface area contributed by atoms with Gasteiger partial charge in [0.2, 0.25) is 5.70 Å². The molecular formula is C15H15NO2. The molecule has 18 heavy (non-hydrogen) atoms. The summed E-state index contributed by atoms with van der Waals surface area (Å²) in [5.74, 6) is 0. The topological polar surface area (TPSA) is 43.1 Å². The highest BCUT2D eigenvalue weighted by atomic mass is 16.6. The van der Waals surface area contributed by atoms with Crippen LogP contribution in [0.4, 0.5) is 0 Å². The van der Waals surface area contributed by atoms with Crippen molar-refractivity contribution in [1.29, 1.82) is 0 Å². The fraction of sp³-hybridized carbons (Fsp3) is 0.200. The second-order valence-corrected chi connectivity index (χ2v) is 4.25. The molecule has 2 rings (SSSR count). The molecule has 3 heteroatoms. The maximum absolute atomic E-state index is 10.9. The highest BCUT2D eigenvalue weighted by Gasteiger charge is 2.08. The highest BCUT2D eigenvalue weighted by Crippen LogP contribution is 2.19. The number of nitrogens with zero attached hydrogens (tertiary/aromatic N) is 1. The van der Waals surface area contributed by atoms with Crippen molar-refractivity contribution in [3.8, 4) is 0 Å². The van der Waals surface area contributed by atoms with Crippen LogP contribution in [0.3, 0.4) is 0 Å². The van der Waals surface area contributed by atoms with E-state index in [1.165, 1.54) is 0 Å². The van der Waals surface area contributed by atoms with Crippen LogP contribution in [0.25, 0.3) is 16.8 Å². The number of fused-ring (bicyclic) bond motifs is 1. The zero-order valence-electron chi connectivity index (χ0n) is 10.3. The molecular weight excluding hydrogens is 226 g/mol. The number of nitro groups is 1. The van der Waals surface area contributed by atoms with Crippen LogP contribution in [0.1, 0.15) is 25.3 Å². The smallest absolute Gasteiger partial charge is 0.246 e. The SMILES string of the molecule is CCC/C(=C/c1ccc2ccccc2c1)[N+](=O)[O-]. The van der Waals surface area contributed by atoms with Gasteiger partial charge >= 0.3 is 0 Å². The van der Waals surface area contributed by atoms with E-state index in [-0.39, 0.29) is 10.6 Å². The van der Waals surface area contributed by atoms with Gasteiger partial charge in [-0.2, -0.15) is 0 Å². The first-order valence-corrected chi connectivity index (χ1v) is 6.04. The summed E-state index contributed by atoms with van der Waals surface area (Å²) in [6, 6.07) is 13.9. The molecule has 0 spiro atoms. The van der Waals surface area contributed by atoms with Gasteiger partial charge in [-0.15, -0.1) is 0 Å². The zero-order valence-corrected chi connectivity index (χ0v) is 10.3. The fourth-order valence-corrected chi connectivity index (χ4v) is 1.96. The molecule has 0 radical (unpaired) electrons. The molecule has 3 nitrogen and oxygen atoms in total. The van der Waals surface area contributed by atoms with E-state index in [2.05, 4.69) is 0 Å². The highest BCUT2D eigenvalue weighted by molar-refractivity contribution is 5.84. The van der Waals surface area contributed by atoms with Crippen molar-refractivity contribution < 1.29 is 4.92 Å². The van der Waals surface area contributed by atoms with Crippen molar-refractivity contribution in [3.05, 3.63) is 63.8 Å². The Bertz CT molecular complexity index is 602. The van der Waals surface area contributed by atoms with E-state index in [0.29, 0.717) is 6.42 Å². The lowest BCUT2D eigenvalue weighted by Crippen LogP contribution is -1.97. The molecule has 0 aliphatic heterocycles. The van der Waals surface area contributed by atoms with Crippen molar-refractivity contribution in [1.82, 2.24) is 0 Å². The molecule has 0 bridgehead atoms. The summed E-state index contributed by atoms with van der Waals surface area (Å²) in [6.45, 7) is 1.94. The molecule has 0 heterocycles. The lowest BCUT2D eigenvalue weighted by molar-refractivity contribution is -0.426. The number of benzene rings is 2. The van der Waals surface area contributed by atoms with Gasteiger partial charge in [-0.3, -0.25) is 10.1 Å². The minimum atomic E-state index is -0.293. The Labute approximate surface area is 106 Å². The molecule has 2 aromatic rings. The first kappa shape index (κ1) is 12.3. The van der Waals surface area contributed by atoms with E-state index in [1.807, 2.05) is 49.4 Å². The van der Waals surface area contributed by atoms with Crippen LogP contribution in [-0.2, 0) is 0 Å². The normalized spacial score (nSPS) is 11.7. The molecule has 0 fully saturated rings. The molecule has 92 valence electrons. The van der Waals surface area contributed by atoms with Crippen molar-refractivity contribution in [3.63, 3.8) is 0 Å². The van der Waals surface area contributed by atoms with E-state index in [0.717, 1.165) is 22.8 Å². The molecule has 0 unspecified atom stereocenters. The number of allylic oxidation sites excluding steroid dienone is 1. The number of rotatable bonds is 4. The summed E-state index contributed by atoms with van der Waals surface area (Å²) in [6.07, 6.45) is 2.94. The fourth-order valence-electron chi connectivity index (χ4n) is 1.96. The predicted octanol–water partition coefficient (Wildman–Crippen LogP) is 4.26. The molecule has 0 aromatic heterocycles. The molecule has 0 aliphatic rings. The Morgan fingerprint density at radius 2 is 1.94 bits per heavy atom. The van der Waals surface area contributed by atoms with Crippen LogP contribution >= 0.6 is 0 Å². The standard InChI is InChI=1S/C15H15NO2/c1-2-5-15(16(17)18)11-12-8-9-13-6-3-4-7-14(13)10-12/h3-4,6-11H,2,5H2,1H3/b15-11-. The second kappa shape index (κ2) is 5.45. The van der Waals surface area contributed by atoms with E-state index in [4.69, 9.17) is 0 Å². The molecule has 0 atom stereocenters. The number of hydrogen-bond acceptors (Lipinski definition) is 2. The van der Waals surface area contributed by atoms with Gasteiger partial charge in [-0.05, 0) is 28.8 Å². The molecule has 0 saturated heterocycles. The monoisotopic (exact) mass is 241 g/mol. The van der Waals surface area contributed by atoms with Gasteiger partial charge in [-0.1, -0.05) is 43.3 Å². The maximum atomic E-state index is 10.9. The van der Waals surface area contributed by atoms with E-state index < -0.39 is 0 Å². The zero-order chi connectivity index (χ0) is 13.0. The Morgan fingerprint density at radius 3 is 2.61 bits per heavy atom. The summed E-state index contributed by atoms with van der Waals surface area (Å²) in [4.78, 5) is 10.6. The Hall–Kier alpha value is -2.16. The van der Waals surface area contributed by atoms with Crippen molar-refractivity contribution in [2.45, 2.75) is 19.8 Å². The average molecular weight is 241 g/mol. The van der Waals surface area contributed by atoms with Gasteiger partial charge in [0.1, 0.15) is 0 Å². The van der Waals surface area contributed by atoms with E-state index in [9.17, 15) is 10.1 Å². The molecule has 0 amide bonds. The molecule has 2 aromatic carbocycles. The largest absolute Gasteiger partial charge is 0.259 e. The van der Waals surface area contributed by atoms with Crippen LogP contribution in [0.15, 0.2) is 48.2 Å². The third-order valence-corrected chi connectivity index (χ3v) is 2.85.